The van der Waals surface area contributed by atoms with Crippen molar-refractivity contribution in [2.24, 2.45) is 13.0 Å². The van der Waals surface area contributed by atoms with E-state index in [2.05, 4.69) is 15.3 Å². The summed E-state index contributed by atoms with van der Waals surface area (Å²) in [5.41, 5.74) is 1.64. The molecule has 2 heterocycles. The first kappa shape index (κ1) is 24.7. The minimum absolute atomic E-state index is 0.0559. The molecule has 1 aliphatic rings. The number of likely N-dealkylation sites (tertiary alicyclic amines) is 1. The zero-order valence-corrected chi connectivity index (χ0v) is 20.0. The summed E-state index contributed by atoms with van der Waals surface area (Å²) in [7, 11) is 1.75. The van der Waals surface area contributed by atoms with Gasteiger partial charge >= 0.3 is 5.97 Å². The van der Waals surface area contributed by atoms with E-state index in [-0.39, 0.29) is 11.5 Å². The maximum atomic E-state index is 14.0. The molecule has 1 aromatic heterocycles. The molecule has 10 heteroatoms. The third kappa shape index (κ3) is 5.80. The molecule has 0 radical (unpaired) electrons. The highest BCUT2D eigenvalue weighted by molar-refractivity contribution is 6.33. The SMILES string of the molecule is Cn1ncc(Cl)c1-c1cc(NC(=O)c2ccccc2F)ccc1OCCN1CCC(C(=O)O)CC1. The highest BCUT2D eigenvalue weighted by Gasteiger charge is 2.24. The van der Waals surface area contributed by atoms with Crippen molar-refractivity contribution >= 4 is 29.2 Å². The Bertz CT molecular complexity index is 1200. The van der Waals surface area contributed by atoms with Gasteiger partial charge in [0.15, 0.2) is 0 Å². The van der Waals surface area contributed by atoms with Crippen LogP contribution < -0.4 is 10.1 Å². The smallest absolute Gasteiger partial charge is 0.306 e. The van der Waals surface area contributed by atoms with Crippen molar-refractivity contribution in [3.63, 3.8) is 0 Å². The molecule has 1 fully saturated rings. The number of halogens is 2. The largest absolute Gasteiger partial charge is 0.492 e. The summed E-state index contributed by atoms with van der Waals surface area (Å²) in [6.45, 7) is 2.46. The molecule has 8 nitrogen and oxygen atoms in total. The fourth-order valence-electron chi connectivity index (χ4n) is 4.16. The summed E-state index contributed by atoms with van der Waals surface area (Å²) < 4.78 is 21.7. The number of nitrogens with zero attached hydrogens (tertiary/aromatic N) is 3. The molecule has 0 spiro atoms. The van der Waals surface area contributed by atoms with E-state index in [4.69, 9.17) is 21.4 Å². The minimum Gasteiger partial charge on any atom is -0.492 e. The van der Waals surface area contributed by atoms with Crippen LogP contribution in [0.15, 0.2) is 48.7 Å². The maximum absolute atomic E-state index is 14.0. The number of benzene rings is 2. The number of hydrogen-bond acceptors (Lipinski definition) is 5. The second-order valence-corrected chi connectivity index (χ2v) is 8.82. The number of rotatable bonds is 8. The van der Waals surface area contributed by atoms with Crippen molar-refractivity contribution in [2.45, 2.75) is 12.8 Å². The van der Waals surface area contributed by atoms with Gasteiger partial charge in [-0.05, 0) is 56.3 Å². The molecule has 4 rings (SSSR count). The van der Waals surface area contributed by atoms with E-state index in [0.29, 0.717) is 66.8 Å². The second-order valence-electron chi connectivity index (χ2n) is 8.41. The van der Waals surface area contributed by atoms with Gasteiger partial charge < -0.3 is 15.2 Å². The average Bonchev–Trinajstić information content (AvgIpc) is 3.18. The molecule has 3 aromatic rings. The molecule has 1 amide bonds. The summed E-state index contributed by atoms with van der Waals surface area (Å²) in [5.74, 6) is -1.63. The first-order chi connectivity index (χ1) is 16.8. The number of nitrogens with one attached hydrogen (secondary N) is 1. The minimum atomic E-state index is -0.735. The van der Waals surface area contributed by atoms with Crippen LogP contribution in [0.2, 0.25) is 5.02 Å². The third-order valence-electron chi connectivity index (χ3n) is 6.11. The van der Waals surface area contributed by atoms with Crippen LogP contribution in [-0.4, -0.2) is 57.9 Å². The Morgan fingerprint density at radius 2 is 1.97 bits per heavy atom. The number of aromatic nitrogens is 2. The lowest BCUT2D eigenvalue weighted by molar-refractivity contribution is -0.143. The van der Waals surface area contributed by atoms with Gasteiger partial charge in [0, 0.05) is 24.8 Å². The van der Waals surface area contributed by atoms with Crippen molar-refractivity contribution in [1.29, 1.82) is 0 Å². The lowest BCUT2D eigenvalue weighted by Crippen LogP contribution is -2.38. The lowest BCUT2D eigenvalue weighted by Gasteiger charge is -2.29. The van der Waals surface area contributed by atoms with E-state index in [1.54, 1.807) is 36.0 Å². The molecule has 2 N–H and O–H groups in total. The predicted octanol–water partition coefficient (Wildman–Crippen LogP) is 4.31. The van der Waals surface area contributed by atoms with Crippen LogP contribution in [-0.2, 0) is 11.8 Å². The van der Waals surface area contributed by atoms with Crippen LogP contribution in [0.4, 0.5) is 10.1 Å². The number of piperidine rings is 1. The Hall–Kier alpha value is -3.43. The van der Waals surface area contributed by atoms with Crippen molar-refractivity contribution in [3.05, 3.63) is 65.1 Å². The lowest BCUT2D eigenvalue weighted by atomic mass is 9.97. The number of carbonyl (C=O) groups excluding carboxylic acids is 1. The van der Waals surface area contributed by atoms with Crippen molar-refractivity contribution in [3.8, 4) is 17.0 Å². The Morgan fingerprint density at radius 3 is 2.63 bits per heavy atom. The van der Waals surface area contributed by atoms with Gasteiger partial charge in [0.2, 0.25) is 0 Å². The maximum Gasteiger partial charge on any atom is 0.306 e. The fourth-order valence-corrected chi connectivity index (χ4v) is 4.43. The van der Waals surface area contributed by atoms with Gasteiger partial charge in [0.1, 0.15) is 18.2 Å². The number of amides is 1. The van der Waals surface area contributed by atoms with Crippen molar-refractivity contribution in [2.75, 3.05) is 31.6 Å². The van der Waals surface area contributed by atoms with E-state index in [0.717, 1.165) is 0 Å². The molecule has 0 saturated carbocycles. The van der Waals surface area contributed by atoms with Gasteiger partial charge in [-0.25, -0.2) is 4.39 Å². The Balaban J connectivity index is 1.50. The summed E-state index contributed by atoms with van der Waals surface area (Å²) in [4.78, 5) is 25.9. The molecule has 184 valence electrons. The van der Waals surface area contributed by atoms with E-state index in [1.807, 2.05) is 0 Å². The third-order valence-corrected chi connectivity index (χ3v) is 6.38. The number of hydrogen-bond donors (Lipinski definition) is 2. The molecular weight excluding hydrogens is 475 g/mol. The molecule has 35 heavy (non-hydrogen) atoms. The molecule has 0 unspecified atom stereocenters. The molecule has 0 bridgehead atoms. The predicted molar refractivity (Wildman–Crippen MR) is 130 cm³/mol. The van der Waals surface area contributed by atoms with Gasteiger partial charge in [-0.15, -0.1) is 0 Å². The quantitative estimate of drug-likeness (QED) is 0.478. The number of carbonyl (C=O) groups is 2. The van der Waals surface area contributed by atoms with Gasteiger partial charge in [-0.1, -0.05) is 23.7 Å². The molecule has 1 saturated heterocycles. The van der Waals surface area contributed by atoms with Crippen LogP contribution in [0.5, 0.6) is 5.75 Å². The number of anilines is 1. The first-order valence-electron chi connectivity index (χ1n) is 11.3. The standard InChI is InChI=1S/C25H26ClFN4O4/c1-30-23(20(26)15-28-30)19-14-17(29-24(32)18-4-2-3-5-21(18)27)6-7-22(19)35-13-12-31-10-8-16(9-11-31)25(33)34/h2-7,14-16H,8-13H2,1H3,(H,29,32)(H,33,34). The van der Waals surface area contributed by atoms with Gasteiger partial charge in [-0.3, -0.25) is 19.2 Å². The summed E-state index contributed by atoms with van der Waals surface area (Å²) in [6, 6.07) is 10.9. The van der Waals surface area contributed by atoms with Crippen LogP contribution in [0, 0.1) is 11.7 Å². The van der Waals surface area contributed by atoms with E-state index in [1.165, 1.54) is 24.4 Å². The molecule has 2 aromatic carbocycles. The van der Waals surface area contributed by atoms with Crippen LogP contribution >= 0.6 is 11.6 Å². The van der Waals surface area contributed by atoms with Crippen molar-refractivity contribution < 1.29 is 23.8 Å². The van der Waals surface area contributed by atoms with Crippen LogP contribution in [0.25, 0.3) is 11.3 Å². The number of ether oxygens (including phenoxy) is 1. The first-order valence-corrected chi connectivity index (χ1v) is 11.7. The van der Waals surface area contributed by atoms with Crippen LogP contribution in [0.1, 0.15) is 23.2 Å². The number of aryl methyl sites for hydroxylation is 1. The zero-order chi connectivity index (χ0) is 24.9. The molecule has 0 atom stereocenters. The Morgan fingerprint density at radius 1 is 1.23 bits per heavy atom. The molecule has 1 aliphatic heterocycles. The summed E-state index contributed by atoms with van der Waals surface area (Å²) in [6.07, 6.45) is 2.78. The Labute approximate surface area is 207 Å². The van der Waals surface area contributed by atoms with E-state index >= 15 is 0 Å². The summed E-state index contributed by atoms with van der Waals surface area (Å²) >= 11 is 6.39. The van der Waals surface area contributed by atoms with E-state index in [9.17, 15) is 14.0 Å². The number of aliphatic carboxylic acids is 1. The fraction of sp³-hybridized carbons (Fsp3) is 0.320. The Kier molecular flexibility index (Phi) is 7.67. The second kappa shape index (κ2) is 10.9. The number of carboxylic acid groups (broad SMARTS) is 1. The van der Waals surface area contributed by atoms with Gasteiger partial charge in [-0.2, -0.15) is 5.10 Å². The highest BCUT2D eigenvalue weighted by atomic mass is 35.5. The van der Waals surface area contributed by atoms with Crippen LogP contribution in [0.3, 0.4) is 0 Å². The molecular formula is C25H26ClFN4O4. The van der Waals surface area contributed by atoms with Gasteiger partial charge in [0.05, 0.1) is 28.4 Å². The average molecular weight is 501 g/mol. The molecule has 0 aliphatic carbocycles. The normalized spacial score (nSPS) is 14.6. The topological polar surface area (TPSA) is 96.7 Å². The van der Waals surface area contributed by atoms with Crippen molar-refractivity contribution in [1.82, 2.24) is 14.7 Å². The monoisotopic (exact) mass is 500 g/mol. The van der Waals surface area contributed by atoms with E-state index < -0.39 is 17.7 Å². The zero-order valence-electron chi connectivity index (χ0n) is 19.2. The highest BCUT2D eigenvalue weighted by Crippen LogP contribution is 2.36. The number of carboxylic acids is 1. The summed E-state index contributed by atoms with van der Waals surface area (Å²) in [5, 5.41) is 16.5. The van der Waals surface area contributed by atoms with Gasteiger partial charge in [0.25, 0.3) is 5.91 Å².